The molecule has 2 rings (SSSR count). The first-order chi connectivity index (χ1) is 12.1. The number of Topliss-reactive ketones (excluding diaryl/α,β-unsaturated/α-hetero) is 1. The largest absolute Gasteiger partial charge is 0.421 e. The molecule has 0 unspecified atom stereocenters. The van der Waals surface area contributed by atoms with Gasteiger partial charge in [-0.25, -0.2) is 0 Å². The van der Waals surface area contributed by atoms with Crippen molar-refractivity contribution in [3.05, 3.63) is 69.6 Å². The average Bonchev–Trinajstić information content (AvgIpc) is 2.55. The molecule has 1 aromatic heterocycles. The zero-order chi connectivity index (χ0) is 19.5. The van der Waals surface area contributed by atoms with E-state index in [0.29, 0.717) is 6.07 Å². The van der Waals surface area contributed by atoms with Crippen LogP contribution in [0.2, 0.25) is 0 Å². The lowest BCUT2D eigenvalue weighted by atomic mass is 10.0. The van der Waals surface area contributed by atoms with Crippen LogP contribution in [0.1, 0.15) is 41.4 Å². The summed E-state index contributed by atoms with van der Waals surface area (Å²) >= 11 is 0. The van der Waals surface area contributed by atoms with Gasteiger partial charge in [0.15, 0.2) is 5.78 Å². The zero-order valence-corrected chi connectivity index (χ0v) is 14.1. The molecule has 1 amide bonds. The summed E-state index contributed by atoms with van der Waals surface area (Å²) in [5.41, 5.74) is -1.54. The van der Waals surface area contributed by atoms with Crippen LogP contribution in [0.15, 0.2) is 47.4 Å². The van der Waals surface area contributed by atoms with Crippen molar-refractivity contribution in [2.75, 3.05) is 0 Å². The number of nitrogens with zero attached hydrogens (tertiary/aromatic N) is 1. The Morgan fingerprint density at radius 2 is 1.77 bits per heavy atom. The Labute approximate surface area is 147 Å². The monoisotopic (exact) mass is 366 g/mol. The summed E-state index contributed by atoms with van der Waals surface area (Å²) in [6.45, 7) is 2.67. The molecule has 8 heteroatoms. The van der Waals surface area contributed by atoms with Crippen LogP contribution in [0.5, 0.6) is 0 Å². The van der Waals surface area contributed by atoms with Crippen molar-refractivity contribution in [3.8, 4) is 0 Å². The second-order valence-corrected chi connectivity index (χ2v) is 5.82. The van der Waals surface area contributed by atoms with Gasteiger partial charge in [0, 0.05) is 18.7 Å². The van der Waals surface area contributed by atoms with Gasteiger partial charge in [-0.3, -0.25) is 14.4 Å². The number of pyridine rings is 1. The van der Waals surface area contributed by atoms with E-state index in [0.717, 1.165) is 22.4 Å². The summed E-state index contributed by atoms with van der Waals surface area (Å²) < 4.78 is 39.0. The summed E-state index contributed by atoms with van der Waals surface area (Å²) in [5, 5.41) is 2.70. The van der Waals surface area contributed by atoms with E-state index < -0.39 is 29.6 Å². The number of aromatic nitrogens is 1. The second-order valence-electron chi connectivity index (χ2n) is 5.82. The van der Waals surface area contributed by atoms with Crippen LogP contribution in [-0.4, -0.2) is 16.3 Å². The molecule has 0 saturated heterocycles. The Morgan fingerprint density at radius 1 is 1.15 bits per heavy atom. The third-order valence-electron chi connectivity index (χ3n) is 3.79. The fraction of sp³-hybridized carbons (Fsp3) is 0.278. The number of hydrogen-bond donors (Lipinski definition) is 1. The van der Waals surface area contributed by atoms with E-state index in [4.69, 9.17) is 0 Å². The van der Waals surface area contributed by atoms with E-state index in [1.807, 2.05) is 0 Å². The van der Waals surface area contributed by atoms with Crippen LogP contribution in [0.3, 0.4) is 0 Å². The molecule has 0 aliphatic rings. The quantitative estimate of drug-likeness (QED) is 0.828. The first-order valence-electron chi connectivity index (χ1n) is 7.76. The highest BCUT2D eigenvalue weighted by Gasteiger charge is 2.34. The zero-order valence-electron chi connectivity index (χ0n) is 14.1. The lowest BCUT2D eigenvalue weighted by Gasteiger charge is -2.13. The third-order valence-corrected chi connectivity index (χ3v) is 3.79. The minimum atomic E-state index is -4.77. The number of carbonyl (C=O) groups excluding carboxylic acids is 2. The lowest BCUT2D eigenvalue weighted by molar-refractivity contribution is -0.139. The topological polar surface area (TPSA) is 68.2 Å². The van der Waals surface area contributed by atoms with Crippen LogP contribution in [0, 0.1) is 0 Å². The minimum Gasteiger partial charge on any atom is -0.350 e. The molecular formula is C18H17F3N2O3. The second kappa shape index (κ2) is 7.55. The molecule has 1 heterocycles. The number of rotatable bonds is 5. The number of amides is 1. The molecule has 0 bridgehead atoms. The summed E-state index contributed by atoms with van der Waals surface area (Å²) in [4.78, 5) is 35.2. The van der Waals surface area contributed by atoms with Crippen LogP contribution in [0.25, 0.3) is 0 Å². The molecule has 5 nitrogen and oxygen atoms in total. The van der Waals surface area contributed by atoms with E-state index in [2.05, 4.69) is 5.32 Å². The van der Waals surface area contributed by atoms with Gasteiger partial charge in [0.05, 0.1) is 12.6 Å². The van der Waals surface area contributed by atoms with Gasteiger partial charge in [-0.05, 0) is 24.6 Å². The molecule has 1 atom stereocenters. The van der Waals surface area contributed by atoms with E-state index in [1.54, 1.807) is 19.1 Å². The van der Waals surface area contributed by atoms with Crippen molar-refractivity contribution in [2.24, 2.45) is 0 Å². The number of nitrogens with one attached hydrogen (secondary N) is 1. The van der Waals surface area contributed by atoms with Gasteiger partial charge in [0.1, 0.15) is 5.56 Å². The maximum absolute atomic E-state index is 12.8. The molecule has 0 aliphatic carbocycles. The van der Waals surface area contributed by atoms with Gasteiger partial charge in [-0.1, -0.05) is 24.3 Å². The van der Waals surface area contributed by atoms with Gasteiger partial charge < -0.3 is 9.88 Å². The Bertz CT molecular complexity index is 870. The first kappa shape index (κ1) is 19.4. The number of alkyl halides is 3. The number of halogens is 3. The van der Waals surface area contributed by atoms with Crippen LogP contribution in [0.4, 0.5) is 13.2 Å². The molecule has 0 aliphatic heterocycles. The van der Waals surface area contributed by atoms with Crippen molar-refractivity contribution in [1.82, 2.24) is 9.88 Å². The maximum atomic E-state index is 12.8. The highest BCUT2D eigenvalue weighted by molar-refractivity contribution is 5.95. The maximum Gasteiger partial charge on any atom is 0.421 e. The summed E-state index contributed by atoms with van der Waals surface area (Å²) in [5.74, 6) is -0.688. The Balaban J connectivity index is 2.19. The van der Waals surface area contributed by atoms with Crippen LogP contribution >= 0.6 is 0 Å². The Kier molecular flexibility index (Phi) is 5.64. The number of benzene rings is 1. The highest BCUT2D eigenvalue weighted by atomic mass is 19.4. The minimum absolute atomic E-state index is 0.193. The molecule has 26 heavy (non-hydrogen) atoms. The molecular weight excluding hydrogens is 349 g/mol. The molecule has 1 aromatic carbocycles. The molecule has 138 valence electrons. The van der Waals surface area contributed by atoms with Crippen molar-refractivity contribution in [1.29, 1.82) is 0 Å². The molecule has 1 N–H and O–H groups in total. The van der Waals surface area contributed by atoms with E-state index in [9.17, 15) is 27.6 Å². The fourth-order valence-electron chi connectivity index (χ4n) is 2.47. The van der Waals surface area contributed by atoms with Crippen LogP contribution < -0.4 is 10.9 Å². The average molecular weight is 366 g/mol. The van der Waals surface area contributed by atoms with Crippen molar-refractivity contribution in [3.63, 3.8) is 0 Å². The number of ketones is 1. The number of hydrogen-bond acceptors (Lipinski definition) is 3. The normalized spacial score (nSPS) is 12.5. The summed E-state index contributed by atoms with van der Waals surface area (Å²) in [6.07, 6.45) is -3.63. The number of carbonyl (C=O) groups is 2. The lowest BCUT2D eigenvalue weighted by Crippen LogP contribution is -2.30. The van der Waals surface area contributed by atoms with E-state index in [-0.39, 0.29) is 17.5 Å². The Morgan fingerprint density at radius 3 is 2.31 bits per heavy atom. The highest BCUT2D eigenvalue weighted by Crippen LogP contribution is 2.26. The molecule has 0 fully saturated rings. The molecule has 0 radical (unpaired) electrons. The van der Waals surface area contributed by atoms with Gasteiger partial charge in [0.25, 0.3) is 5.56 Å². The Hall–Kier alpha value is -2.90. The van der Waals surface area contributed by atoms with Crippen molar-refractivity contribution in [2.45, 2.75) is 32.6 Å². The van der Waals surface area contributed by atoms with Gasteiger partial charge >= 0.3 is 6.18 Å². The van der Waals surface area contributed by atoms with Gasteiger partial charge in [-0.15, -0.1) is 0 Å². The van der Waals surface area contributed by atoms with Gasteiger partial charge in [-0.2, -0.15) is 13.2 Å². The van der Waals surface area contributed by atoms with Gasteiger partial charge in [0.2, 0.25) is 5.91 Å². The first-order valence-corrected chi connectivity index (χ1v) is 7.76. The van der Waals surface area contributed by atoms with Crippen molar-refractivity contribution >= 4 is 11.7 Å². The molecule has 2 aromatic rings. The van der Waals surface area contributed by atoms with E-state index in [1.165, 1.54) is 19.1 Å². The van der Waals surface area contributed by atoms with E-state index >= 15 is 0 Å². The van der Waals surface area contributed by atoms with Crippen molar-refractivity contribution < 1.29 is 22.8 Å². The van der Waals surface area contributed by atoms with Crippen LogP contribution in [-0.2, 0) is 17.5 Å². The molecule has 0 saturated carbocycles. The fourth-order valence-corrected chi connectivity index (χ4v) is 2.47. The predicted octanol–water partition coefficient (Wildman–Crippen LogP) is 2.95. The molecule has 0 spiro atoms. The predicted molar refractivity (Wildman–Crippen MR) is 88.7 cm³/mol. The SMILES string of the molecule is CC(=O)N[C@@H](C)c1ccc(C(=O)Cn2cccc(C(F)(F)F)c2=O)cc1. The smallest absolute Gasteiger partial charge is 0.350 e. The standard InChI is InChI=1S/C18H17F3N2O3/c1-11(22-12(2)24)13-5-7-14(8-6-13)16(25)10-23-9-3-4-15(17(23)26)18(19,20)21/h3-9,11H,10H2,1-2H3,(H,22,24)/t11-/m0/s1. The summed E-state index contributed by atoms with van der Waals surface area (Å²) in [6, 6.07) is 7.81. The summed E-state index contributed by atoms with van der Waals surface area (Å²) in [7, 11) is 0. The third kappa shape index (κ3) is 4.59.